The maximum Gasteiger partial charge on any atom is 0.270 e. The van der Waals surface area contributed by atoms with Gasteiger partial charge in [0.05, 0.1) is 0 Å². The first-order valence-electron chi connectivity index (χ1n) is 6.27. The van der Waals surface area contributed by atoms with Crippen molar-refractivity contribution in [2.24, 2.45) is 0 Å². The zero-order valence-corrected chi connectivity index (χ0v) is 11.8. The van der Waals surface area contributed by atoms with Crippen molar-refractivity contribution in [1.82, 2.24) is 15.3 Å². The first kappa shape index (κ1) is 14.4. The molecule has 1 rings (SSSR count). The number of rotatable bonds is 4. The molecule has 0 unspecified atom stereocenters. The lowest BCUT2D eigenvalue weighted by molar-refractivity contribution is 0.0914. The van der Waals surface area contributed by atoms with Crippen molar-refractivity contribution in [3.8, 4) is 0 Å². The van der Waals surface area contributed by atoms with Crippen LogP contribution >= 0.6 is 0 Å². The number of carbonyl (C=O) groups is 1. The van der Waals surface area contributed by atoms with Crippen LogP contribution in [0.1, 0.15) is 45.1 Å². The summed E-state index contributed by atoms with van der Waals surface area (Å²) >= 11 is 0. The Morgan fingerprint density at radius 2 is 1.89 bits per heavy atom. The number of nitrogens with zero attached hydrogens (tertiary/aromatic N) is 3. The van der Waals surface area contributed by atoms with Gasteiger partial charge in [-0.2, -0.15) is 0 Å². The fourth-order valence-electron chi connectivity index (χ4n) is 1.60. The Labute approximate surface area is 109 Å². The third-order valence-electron chi connectivity index (χ3n) is 2.46. The second-order valence-electron chi connectivity index (χ2n) is 5.14. The molecule has 0 radical (unpaired) electrons. The molecular weight excluding hydrogens is 228 g/mol. The van der Waals surface area contributed by atoms with Crippen LogP contribution in [0.15, 0.2) is 12.4 Å². The van der Waals surface area contributed by atoms with E-state index in [9.17, 15) is 4.79 Å². The van der Waals surface area contributed by atoms with Crippen LogP contribution in [0, 0.1) is 0 Å². The van der Waals surface area contributed by atoms with E-state index in [1.54, 1.807) is 6.07 Å². The van der Waals surface area contributed by atoms with Gasteiger partial charge >= 0.3 is 0 Å². The number of amides is 1. The molecule has 18 heavy (non-hydrogen) atoms. The van der Waals surface area contributed by atoms with E-state index in [-0.39, 0.29) is 11.4 Å². The highest BCUT2D eigenvalue weighted by molar-refractivity contribution is 5.93. The molecule has 1 amide bonds. The maximum absolute atomic E-state index is 12.0. The summed E-state index contributed by atoms with van der Waals surface area (Å²) < 4.78 is 0. The Hall–Kier alpha value is -1.65. The standard InChI is InChI=1S/C13H22N4O/c1-6-17(7-2)11-8-10(14-9-15-11)12(18)16-13(3,4)5/h8-9H,6-7H2,1-5H3,(H,16,18). The van der Waals surface area contributed by atoms with Crippen LogP contribution in [0.25, 0.3) is 0 Å². The van der Waals surface area contributed by atoms with Gasteiger partial charge in [0.2, 0.25) is 0 Å². The minimum Gasteiger partial charge on any atom is -0.357 e. The van der Waals surface area contributed by atoms with E-state index in [4.69, 9.17) is 0 Å². The molecule has 0 fully saturated rings. The van der Waals surface area contributed by atoms with Gasteiger partial charge in [0.15, 0.2) is 0 Å². The highest BCUT2D eigenvalue weighted by Gasteiger charge is 2.17. The van der Waals surface area contributed by atoms with Gasteiger partial charge in [-0.25, -0.2) is 9.97 Å². The smallest absolute Gasteiger partial charge is 0.270 e. The predicted molar refractivity (Wildman–Crippen MR) is 72.8 cm³/mol. The molecule has 1 aromatic rings. The predicted octanol–water partition coefficient (Wildman–Crippen LogP) is 1.85. The lowest BCUT2D eigenvalue weighted by Gasteiger charge is -2.22. The van der Waals surface area contributed by atoms with E-state index >= 15 is 0 Å². The van der Waals surface area contributed by atoms with Crippen LogP contribution in [-0.4, -0.2) is 34.5 Å². The molecule has 5 heteroatoms. The van der Waals surface area contributed by atoms with E-state index in [0.29, 0.717) is 5.69 Å². The van der Waals surface area contributed by atoms with Gasteiger partial charge in [0.1, 0.15) is 17.8 Å². The van der Waals surface area contributed by atoms with E-state index in [1.165, 1.54) is 6.33 Å². The van der Waals surface area contributed by atoms with Crippen LogP contribution in [0.3, 0.4) is 0 Å². The summed E-state index contributed by atoms with van der Waals surface area (Å²) in [4.78, 5) is 22.3. The second kappa shape index (κ2) is 5.80. The van der Waals surface area contributed by atoms with Crippen LogP contribution in [0.5, 0.6) is 0 Å². The minimum absolute atomic E-state index is 0.168. The van der Waals surface area contributed by atoms with Gasteiger partial charge in [-0.15, -0.1) is 0 Å². The Balaban J connectivity index is 2.91. The van der Waals surface area contributed by atoms with Crippen LogP contribution < -0.4 is 10.2 Å². The zero-order valence-electron chi connectivity index (χ0n) is 11.8. The summed E-state index contributed by atoms with van der Waals surface area (Å²) in [5.41, 5.74) is 0.138. The summed E-state index contributed by atoms with van der Waals surface area (Å²) in [6.45, 7) is 11.6. The highest BCUT2D eigenvalue weighted by Crippen LogP contribution is 2.11. The van der Waals surface area contributed by atoms with Crippen molar-refractivity contribution >= 4 is 11.7 Å². The molecule has 0 aliphatic heterocycles. The van der Waals surface area contributed by atoms with Crippen molar-refractivity contribution in [2.45, 2.75) is 40.2 Å². The number of hydrogen-bond donors (Lipinski definition) is 1. The van der Waals surface area contributed by atoms with E-state index in [0.717, 1.165) is 18.9 Å². The number of carbonyl (C=O) groups excluding carboxylic acids is 1. The molecule has 0 aliphatic carbocycles. The molecule has 0 aliphatic rings. The van der Waals surface area contributed by atoms with Crippen molar-refractivity contribution in [3.05, 3.63) is 18.1 Å². The molecule has 0 bridgehead atoms. The van der Waals surface area contributed by atoms with E-state index in [1.807, 2.05) is 20.8 Å². The molecule has 0 saturated carbocycles. The van der Waals surface area contributed by atoms with Crippen molar-refractivity contribution in [1.29, 1.82) is 0 Å². The Morgan fingerprint density at radius 3 is 2.39 bits per heavy atom. The number of nitrogens with one attached hydrogen (secondary N) is 1. The van der Waals surface area contributed by atoms with Crippen LogP contribution in [-0.2, 0) is 0 Å². The number of anilines is 1. The van der Waals surface area contributed by atoms with Gasteiger partial charge in [-0.3, -0.25) is 4.79 Å². The molecule has 5 nitrogen and oxygen atoms in total. The number of aromatic nitrogens is 2. The average Bonchev–Trinajstić information content (AvgIpc) is 2.29. The molecule has 0 aromatic carbocycles. The van der Waals surface area contributed by atoms with Gasteiger partial charge < -0.3 is 10.2 Å². The van der Waals surface area contributed by atoms with Crippen LogP contribution in [0.4, 0.5) is 5.82 Å². The number of hydrogen-bond acceptors (Lipinski definition) is 4. The van der Waals surface area contributed by atoms with Gasteiger partial charge in [-0.05, 0) is 34.6 Å². The lowest BCUT2D eigenvalue weighted by Crippen LogP contribution is -2.41. The Morgan fingerprint density at radius 1 is 1.28 bits per heavy atom. The second-order valence-corrected chi connectivity index (χ2v) is 5.14. The fraction of sp³-hybridized carbons (Fsp3) is 0.615. The highest BCUT2D eigenvalue weighted by atomic mass is 16.2. The van der Waals surface area contributed by atoms with Crippen molar-refractivity contribution < 1.29 is 4.79 Å². The molecular formula is C13H22N4O. The Bertz CT molecular complexity index is 408. The molecule has 0 spiro atoms. The summed E-state index contributed by atoms with van der Waals surface area (Å²) in [5, 5.41) is 2.89. The average molecular weight is 250 g/mol. The first-order chi connectivity index (χ1) is 8.37. The fourth-order valence-corrected chi connectivity index (χ4v) is 1.60. The van der Waals surface area contributed by atoms with E-state index < -0.39 is 0 Å². The maximum atomic E-state index is 12.0. The summed E-state index contributed by atoms with van der Waals surface area (Å²) in [6, 6.07) is 1.73. The molecule has 0 saturated heterocycles. The van der Waals surface area contributed by atoms with Gasteiger partial charge in [0, 0.05) is 24.7 Å². The third-order valence-corrected chi connectivity index (χ3v) is 2.46. The summed E-state index contributed by atoms with van der Waals surface area (Å²) in [7, 11) is 0. The van der Waals surface area contributed by atoms with Gasteiger partial charge in [-0.1, -0.05) is 0 Å². The van der Waals surface area contributed by atoms with Gasteiger partial charge in [0.25, 0.3) is 5.91 Å². The first-order valence-corrected chi connectivity index (χ1v) is 6.27. The normalized spacial score (nSPS) is 11.2. The summed E-state index contributed by atoms with van der Waals surface area (Å²) in [5.74, 6) is 0.618. The molecule has 0 atom stereocenters. The molecule has 1 heterocycles. The zero-order chi connectivity index (χ0) is 13.8. The minimum atomic E-state index is -0.266. The molecule has 1 aromatic heterocycles. The monoisotopic (exact) mass is 250 g/mol. The lowest BCUT2D eigenvalue weighted by atomic mass is 10.1. The van der Waals surface area contributed by atoms with Crippen molar-refractivity contribution in [2.75, 3.05) is 18.0 Å². The quantitative estimate of drug-likeness (QED) is 0.886. The largest absolute Gasteiger partial charge is 0.357 e. The Kier molecular flexibility index (Phi) is 4.64. The van der Waals surface area contributed by atoms with E-state index in [2.05, 4.69) is 34.0 Å². The topological polar surface area (TPSA) is 58.1 Å². The SMILES string of the molecule is CCN(CC)c1cc(C(=O)NC(C)(C)C)ncn1. The third kappa shape index (κ3) is 3.98. The van der Waals surface area contributed by atoms with Crippen molar-refractivity contribution in [3.63, 3.8) is 0 Å². The molecule has 1 N–H and O–H groups in total. The van der Waals surface area contributed by atoms with Crippen LogP contribution in [0.2, 0.25) is 0 Å². The summed E-state index contributed by atoms with van der Waals surface area (Å²) in [6.07, 6.45) is 1.44. The molecule has 100 valence electrons.